The molecule has 0 amide bonds. The summed E-state index contributed by atoms with van der Waals surface area (Å²) in [6.07, 6.45) is 4.20. The van der Waals surface area contributed by atoms with Crippen molar-refractivity contribution in [3.05, 3.63) is 57.6 Å². The fourth-order valence-electron chi connectivity index (χ4n) is 4.09. The summed E-state index contributed by atoms with van der Waals surface area (Å²) >= 11 is 3.41. The monoisotopic (exact) mass is 404 g/mol. The molecule has 1 N–H and O–H groups in total. The quantitative estimate of drug-likeness (QED) is 0.779. The van der Waals surface area contributed by atoms with E-state index >= 15 is 0 Å². The number of hydrogen-bond acceptors (Lipinski definition) is 4. The Labute approximate surface area is 155 Å². The molecule has 0 spiro atoms. The van der Waals surface area contributed by atoms with Gasteiger partial charge in [0, 0.05) is 10.9 Å². The van der Waals surface area contributed by atoms with Gasteiger partial charge in [0.2, 0.25) is 0 Å². The summed E-state index contributed by atoms with van der Waals surface area (Å²) in [6, 6.07) is 7.68. The fraction of sp³-hybridized carbons (Fsp3) is 0.400. The van der Waals surface area contributed by atoms with Gasteiger partial charge in [0.05, 0.1) is 17.6 Å². The number of Topliss-reactive ketones (excluding diaryl/α,β-unsaturated/α-hetero) is 1. The van der Waals surface area contributed by atoms with Crippen LogP contribution in [-0.4, -0.2) is 29.1 Å². The number of ketones is 1. The molecule has 5 heteroatoms. The second kappa shape index (κ2) is 6.54. The number of carbonyl (C=O) groups excluding carboxylic acids is 2. The van der Waals surface area contributed by atoms with Crippen LogP contribution in [0.2, 0.25) is 0 Å². The van der Waals surface area contributed by atoms with Crippen LogP contribution < -0.4 is 0 Å². The minimum Gasteiger partial charge on any atom is -0.463 e. The van der Waals surface area contributed by atoms with E-state index in [0.29, 0.717) is 6.42 Å². The minimum absolute atomic E-state index is 0.0263. The van der Waals surface area contributed by atoms with Crippen molar-refractivity contribution in [2.45, 2.75) is 38.7 Å². The molecule has 2 aliphatic carbocycles. The maximum Gasteiger partial charge on any atom is 0.336 e. The molecule has 0 saturated heterocycles. The van der Waals surface area contributed by atoms with Crippen LogP contribution in [0.1, 0.15) is 32.3 Å². The van der Waals surface area contributed by atoms with E-state index < -0.39 is 17.0 Å². The Bertz CT molecular complexity index is 777. The Hall–Kier alpha value is -1.72. The van der Waals surface area contributed by atoms with Crippen LogP contribution in [-0.2, 0) is 20.7 Å². The Balaban J connectivity index is 2.09. The highest BCUT2D eigenvalue weighted by Gasteiger charge is 2.64. The summed E-state index contributed by atoms with van der Waals surface area (Å²) in [5.41, 5.74) is -0.731. The summed E-state index contributed by atoms with van der Waals surface area (Å²) in [5.74, 6) is -0.579. The molecule has 4 nitrogen and oxygen atoms in total. The van der Waals surface area contributed by atoms with Gasteiger partial charge in [-0.05, 0) is 50.5 Å². The van der Waals surface area contributed by atoms with Crippen molar-refractivity contribution in [1.29, 1.82) is 0 Å². The predicted molar refractivity (Wildman–Crippen MR) is 97.9 cm³/mol. The molecule has 0 radical (unpaired) electrons. The zero-order valence-electron chi connectivity index (χ0n) is 14.3. The zero-order valence-corrected chi connectivity index (χ0v) is 15.9. The Kier molecular flexibility index (Phi) is 4.73. The van der Waals surface area contributed by atoms with Crippen molar-refractivity contribution in [2.75, 3.05) is 6.61 Å². The summed E-state index contributed by atoms with van der Waals surface area (Å²) in [4.78, 5) is 25.4. The first-order valence-corrected chi connectivity index (χ1v) is 9.21. The maximum absolute atomic E-state index is 13.0. The van der Waals surface area contributed by atoms with Crippen molar-refractivity contribution in [3.63, 3.8) is 0 Å². The van der Waals surface area contributed by atoms with E-state index in [1.807, 2.05) is 31.2 Å². The molecular formula is C20H21BrO4. The zero-order chi connectivity index (χ0) is 18.2. The molecule has 3 rings (SSSR count). The van der Waals surface area contributed by atoms with Gasteiger partial charge in [-0.2, -0.15) is 0 Å². The molecule has 0 bridgehead atoms. The third kappa shape index (κ3) is 2.70. The Morgan fingerprint density at radius 2 is 1.96 bits per heavy atom. The van der Waals surface area contributed by atoms with Crippen molar-refractivity contribution in [2.24, 2.45) is 5.41 Å². The second-order valence-electron chi connectivity index (χ2n) is 6.64. The van der Waals surface area contributed by atoms with E-state index in [0.717, 1.165) is 15.6 Å². The van der Waals surface area contributed by atoms with Gasteiger partial charge in [-0.1, -0.05) is 39.7 Å². The summed E-state index contributed by atoms with van der Waals surface area (Å²) in [7, 11) is 0. The lowest BCUT2D eigenvalue weighted by Crippen LogP contribution is -2.54. The van der Waals surface area contributed by atoms with Crippen molar-refractivity contribution < 1.29 is 19.4 Å². The normalized spacial score (nSPS) is 28.2. The second-order valence-corrected chi connectivity index (χ2v) is 7.56. The van der Waals surface area contributed by atoms with Gasteiger partial charge < -0.3 is 9.84 Å². The maximum atomic E-state index is 13.0. The van der Waals surface area contributed by atoms with E-state index in [1.165, 1.54) is 0 Å². The van der Waals surface area contributed by atoms with Crippen LogP contribution in [0.3, 0.4) is 0 Å². The van der Waals surface area contributed by atoms with Gasteiger partial charge in [0.15, 0.2) is 0 Å². The van der Waals surface area contributed by atoms with Crippen molar-refractivity contribution in [3.8, 4) is 0 Å². The van der Waals surface area contributed by atoms with Crippen LogP contribution in [0.4, 0.5) is 0 Å². The lowest BCUT2D eigenvalue weighted by atomic mass is 9.60. The summed E-state index contributed by atoms with van der Waals surface area (Å²) in [6.45, 7) is 3.80. The number of ether oxygens (including phenoxy) is 1. The molecule has 132 valence electrons. The Morgan fingerprint density at radius 1 is 1.28 bits per heavy atom. The third-order valence-electron chi connectivity index (χ3n) is 5.39. The number of esters is 1. The molecule has 1 aromatic rings. The van der Waals surface area contributed by atoms with Crippen LogP contribution in [0.5, 0.6) is 0 Å². The van der Waals surface area contributed by atoms with Gasteiger partial charge in [-0.25, -0.2) is 4.79 Å². The fourth-order valence-corrected chi connectivity index (χ4v) is 4.35. The molecule has 0 aliphatic heterocycles. The largest absolute Gasteiger partial charge is 0.463 e. The number of hydrogen-bond donors (Lipinski definition) is 1. The number of aliphatic hydroxyl groups is 1. The lowest BCUT2D eigenvalue weighted by molar-refractivity contribution is -0.144. The standard InChI is InChI=1S/C20H21BrO4/c1-3-25-18(23)16-9-4-13(2)19(17(22)10-11-20(16,19)24)12-14-5-7-15(21)8-6-14/h4-9,24H,3,10-12H2,1-2H3/t19-,20+/m1/s1. The minimum atomic E-state index is -1.53. The first-order valence-electron chi connectivity index (χ1n) is 8.42. The number of benzene rings is 1. The Morgan fingerprint density at radius 3 is 2.60 bits per heavy atom. The SMILES string of the molecule is CCOC(=O)C1=CC=C(C)[C@]2(Cc3ccc(Br)cc3)C(=O)CC[C@]12O. The van der Waals surface area contributed by atoms with E-state index in [4.69, 9.17) is 4.74 Å². The molecule has 1 fully saturated rings. The van der Waals surface area contributed by atoms with Gasteiger partial charge >= 0.3 is 5.97 Å². The topological polar surface area (TPSA) is 63.6 Å². The molecule has 0 heterocycles. The molecule has 2 aliphatic rings. The number of halogens is 1. The average molecular weight is 405 g/mol. The molecule has 2 atom stereocenters. The van der Waals surface area contributed by atoms with E-state index in [9.17, 15) is 14.7 Å². The first-order chi connectivity index (χ1) is 11.8. The van der Waals surface area contributed by atoms with Crippen molar-refractivity contribution >= 4 is 27.7 Å². The van der Waals surface area contributed by atoms with Crippen molar-refractivity contribution in [1.82, 2.24) is 0 Å². The predicted octanol–water partition coefficient (Wildman–Crippen LogP) is 3.52. The molecule has 1 saturated carbocycles. The van der Waals surface area contributed by atoms with Crippen LogP contribution in [0, 0.1) is 5.41 Å². The van der Waals surface area contributed by atoms with Crippen LogP contribution >= 0.6 is 15.9 Å². The number of allylic oxidation sites excluding steroid dienone is 2. The van der Waals surface area contributed by atoms with Gasteiger partial charge in [0.1, 0.15) is 11.4 Å². The number of carbonyl (C=O) groups is 2. The van der Waals surface area contributed by atoms with E-state index in [1.54, 1.807) is 19.1 Å². The smallest absolute Gasteiger partial charge is 0.336 e. The van der Waals surface area contributed by atoms with E-state index in [2.05, 4.69) is 15.9 Å². The summed E-state index contributed by atoms with van der Waals surface area (Å²) in [5, 5.41) is 11.5. The molecule has 25 heavy (non-hydrogen) atoms. The lowest BCUT2D eigenvalue weighted by Gasteiger charge is -2.44. The van der Waals surface area contributed by atoms with Gasteiger partial charge in [0.25, 0.3) is 0 Å². The first kappa shape index (κ1) is 18.1. The highest BCUT2D eigenvalue weighted by Crippen LogP contribution is 2.56. The molecular weight excluding hydrogens is 384 g/mol. The van der Waals surface area contributed by atoms with E-state index in [-0.39, 0.29) is 30.8 Å². The molecule has 1 aromatic carbocycles. The number of fused-ring (bicyclic) bond motifs is 1. The number of rotatable bonds is 4. The van der Waals surface area contributed by atoms with Crippen LogP contribution in [0.25, 0.3) is 0 Å². The summed E-state index contributed by atoms with van der Waals surface area (Å²) < 4.78 is 6.07. The van der Waals surface area contributed by atoms with Gasteiger partial charge in [-0.3, -0.25) is 4.79 Å². The molecule has 0 aromatic heterocycles. The third-order valence-corrected chi connectivity index (χ3v) is 5.92. The average Bonchev–Trinajstić information content (AvgIpc) is 2.84. The highest BCUT2D eigenvalue weighted by atomic mass is 79.9. The molecule has 0 unspecified atom stereocenters. The van der Waals surface area contributed by atoms with Gasteiger partial charge in [-0.15, -0.1) is 0 Å². The highest BCUT2D eigenvalue weighted by molar-refractivity contribution is 9.10. The van der Waals surface area contributed by atoms with Crippen LogP contribution in [0.15, 0.2) is 52.0 Å².